The predicted molar refractivity (Wildman–Crippen MR) is 86.8 cm³/mol. The smallest absolute Gasteiger partial charge is 0.195 e. The van der Waals surface area contributed by atoms with Gasteiger partial charge in [-0.2, -0.15) is 0 Å². The summed E-state index contributed by atoms with van der Waals surface area (Å²) in [6.45, 7) is 0. The largest absolute Gasteiger partial charge is 0.380 e. The first kappa shape index (κ1) is 16.7. The lowest BCUT2D eigenvalue weighted by Crippen LogP contribution is -2.12. The van der Waals surface area contributed by atoms with Crippen molar-refractivity contribution in [2.24, 2.45) is 0 Å². The maximum Gasteiger partial charge on any atom is 0.195 e. The van der Waals surface area contributed by atoms with Crippen molar-refractivity contribution < 1.29 is 18.3 Å². The van der Waals surface area contributed by atoms with E-state index in [9.17, 15) is 18.3 Å². The monoisotopic (exact) mass is 336 g/mol. The van der Waals surface area contributed by atoms with E-state index < -0.39 is 33.5 Å². The van der Waals surface area contributed by atoms with Gasteiger partial charge in [0.2, 0.25) is 0 Å². The Labute approximate surface area is 134 Å². The molecule has 6 heteroatoms. The second kappa shape index (κ2) is 7.09. The topological polar surface area (TPSA) is 71.4 Å². The zero-order valence-corrected chi connectivity index (χ0v) is 13.8. The van der Waals surface area contributed by atoms with E-state index in [1.54, 1.807) is 61.0 Å². The molecule has 0 aliphatic carbocycles. The summed E-state index contributed by atoms with van der Waals surface area (Å²) in [6, 6.07) is 12.8. The number of Topliss-reactive ketones (excluding diaryl/α,β-unsaturated/α-hetero) is 1. The van der Waals surface area contributed by atoms with Gasteiger partial charge in [-0.25, -0.2) is 0 Å². The fraction of sp³-hybridized carbons (Fsp3) is 0.188. The van der Waals surface area contributed by atoms with Crippen molar-refractivity contribution in [3.8, 4) is 0 Å². The van der Waals surface area contributed by atoms with Crippen LogP contribution in [0.4, 0.5) is 0 Å². The van der Waals surface area contributed by atoms with E-state index in [0.717, 1.165) is 0 Å². The van der Waals surface area contributed by atoms with Crippen LogP contribution in [0.1, 0.15) is 22.0 Å². The summed E-state index contributed by atoms with van der Waals surface area (Å²) < 4.78 is 22.6. The third-order valence-corrected chi connectivity index (χ3v) is 5.12. The predicted octanol–water partition coefficient (Wildman–Crippen LogP) is 2.08. The highest BCUT2D eigenvalue weighted by molar-refractivity contribution is 7.84. The summed E-state index contributed by atoms with van der Waals surface area (Å²) in [5.74, 6) is -0.432. The van der Waals surface area contributed by atoms with Gasteiger partial charge < -0.3 is 5.11 Å². The van der Waals surface area contributed by atoms with E-state index in [0.29, 0.717) is 20.9 Å². The molecule has 0 aromatic heterocycles. The number of ketones is 1. The molecule has 3 atom stereocenters. The molecule has 0 spiro atoms. The standard InChI is InChI=1S/C16H16O4S2/c1-21(19)13-7-3-11(4-8-13)15(17)16(18)12-5-9-14(10-6-12)22(2)20/h3-10,15,17H,1-2H3. The van der Waals surface area contributed by atoms with Crippen LogP contribution in [0.2, 0.25) is 0 Å². The molecule has 2 rings (SSSR count). The second-order valence-corrected chi connectivity index (χ2v) is 7.53. The lowest BCUT2D eigenvalue weighted by molar-refractivity contribution is 0.0747. The Morgan fingerprint density at radius 1 is 0.864 bits per heavy atom. The van der Waals surface area contributed by atoms with Gasteiger partial charge >= 0.3 is 0 Å². The van der Waals surface area contributed by atoms with Crippen molar-refractivity contribution >= 4 is 27.4 Å². The summed E-state index contributed by atoms with van der Waals surface area (Å²) in [5.41, 5.74) is 0.798. The number of benzene rings is 2. The summed E-state index contributed by atoms with van der Waals surface area (Å²) in [5, 5.41) is 10.2. The van der Waals surface area contributed by atoms with Crippen LogP contribution in [-0.2, 0) is 21.6 Å². The number of carbonyl (C=O) groups is 1. The van der Waals surface area contributed by atoms with E-state index in [1.807, 2.05) is 0 Å². The molecule has 22 heavy (non-hydrogen) atoms. The molecule has 4 nitrogen and oxygen atoms in total. The lowest BCUT2D eigenvalue weighted by atomic mass is 10.0. The number of hydrogen-bond acceptors (Lipinski definition) is 4. The van der Waals surface area contributed by atoms with Crippen molar-refractivity contribution in [1.82, 2.24) is 0 Å². The maximum absolute atomic E-state index is 12.3. The molecule has 0 aliphatic rings. The first-order valence-electron chi connectivity index (χ1n) is 6.49. The molecule has 1 N–H and O–H groups in total. The van der Waals surface area contributed by atoms with Crippen LogP contribution in [0.5, 0.6) is 0 Å². The Bertz CT molecular complexity index is 721. The second-order valence-electron chi connectivity index (χ2n) is 4.77. The van der Waals surface area contributed by atoms with Crippen LogP contribution in [0.3, 0.4) is 0 Å². The first-order valence-corrected chi connectivity index (χ1v) is 9.61. The van der Waals surface area contributed by atoms with Gasteiger partial charge in [-0.05, 0) is 29.8 Å². The molecule has 0 saturated heterocycles. The average Bonchev–Trinajstić information content (AvgIpc) is 2.53. The minimum absolute atomic E-state index is 0.352. The highest BCUT2D eigenvalue weighted by Crippen LogP contribution is 2.20. The van der Waals surface area contributed by atoms with Gasteiger partial charge in [-0.1, -0.05) is 24.3 Å². The van der Waals surface area contributed by atoms with Crippen LogP contribution in [0.15, 0.2) is 58.3 Å². The maximum atomic E-state index is 12.3. The molecule has 0 saturated carbocycles. The molecular weight excluding hydrogens is 320 g/mol. The highest BCUT2D eigenvalue weighted by Gasteiger charge is 2.19. The summed E-state index contributed by atoms with van der Waals surface area (Å²) in [4.78, 5) is 13.5. The van der Waals surface area contributed by atoms with Crippen molar-refractivity contribution in [3.05, 3.63) is 59.7 Å². The zero-order chi connectivity index (χ0) is 16.3. The van der Waals surface area contributed by atoms with Gasteiger partial charge in [0.25, 0.3) is 0 Å². The van der Waals surface area contributed by atoms with Crippen LogP contribution in [0, 0.1) is 0 Å². The third-order valence-electron chi connectivity index (χ3n) is 3.25. The van der Waals surface area contributed by atoms with E-state index >= 15 is 0 Å². The summed E-state index contributed by atoms with van der Waals surface area (Å²) in [7, 11) is -2.21. The first-order chi connectivity index (χ1) is 10.4. The van der Waals surface area contributed by atoms with Gasteiger partial charge in [-0.3, -0.25) is 13.2 Å². The minimum atomic E-state index is -1.28. The molecule has 0 aliphatic heterocycles. The molecule has 0 radical (unpaired) electrons. The molecule has 2 aromatic rings. The zero-order valence-electron chi connectivity index (χ0n) is 12.2. The van der Waals surface area contributed by atoms with Crippen LogP contribution >= 0.6 is 0 Å². The lowest BCUT2D eigenvalue weighted by Gasteiger charge is -2.11. The summed E-state index contributed by atoms with van der Waals surface area (Å²) >= 11 is 0. The number of rotatable bonds is 5. The SMILES string of the molecule is CS(=O)c1ccc(C(=O)C(O)c2ccc(S(C)=O)cc2)cc1. The number of aliphatic hydroxyl groups excluding tert-OH is 1. The minimum Gasteiger partial charge on any atom is -0.380 e. The van der Waals surface area contributed by atoms with Crippen molar-refractivity contribution in [3.63, 3.8) is 0 Å². The quantitative estimate of drug-likeness (QED) is 0.849. The molecule has 0 heterocycles. The van der Waals surface area contributed by atoms with E-state index in [-0.39, 0.29) is 0 Å². The Kier molecular flexibility index (Phi) is 5.39. The van der Waals surface area contributed by atoms with Gasteiger partial charge in [0, 0.05) is 49.5 Å². The van der Waals surface area contributed by atoms with Crippen molar-refractivity contribution in [2.45, 2.75) is 15.9 Å². The van der Waals surface area contributed by atoms with Crippen LogP contribution < -0.4 is 0 Å². The number of aliphatic hydroxyl groups is 1. The Balaban J connectivity index is 2.20. The van der Waals surface area contributed by atoms with Gasteiger partial charge in [0.15, 0.2) is 5.78 Å². The van der Waals surface area contributed by atoms with E-state index in [1.165, 1.54) is 0 Å². The molecular formula is C16H16O4S2. The molecule has 0 bridgehead atoms. The Hall–Kier alpha value is -1.63. The van der Waals surface area contributed by atoms with Gasteiger partial charge in [0.1, 0.15) is 6.10 Å². The molecule has 2 aromatic carbocycles. The van der Waals surface area contributed by atoms with E-state index in [2.05, 4.69) is 0 Å². The normalized spacial score (nSPS) is 15.0. The number of carbonyl (C=O) groups excluding carboxylic acids is 1. The van der Waals surface area contributed by atoms with Crippen LogP contribution in [0.25, 0.3) is 0 Å². The molecule has 116 valence electrons. The molecule has 0 fully saturated rings. The highest BCUT2D eigenvalue weighted by atomic mass is 32.2. The summed E-state index contributed by atoms with van der Waals surface area (Å²) in [6.07, 6.45) is 1.85. The fourth-order valence-electron chi connectivity index (χ4n) is 1.96. The fourth-order valence-corrected chi connectivity index (χ4v) is 3.00. The Morgan fingerprint density at radius 3 is 1.68 bits per heavy atom. The van der Waals surface area contributed by atoms with Crippen molar-refractivity contribution in [2.75, 3.05) is 12.5 Å². The van der Waals surface area contributed by atoms with Gasteiger partial charge in [-0.15, -0.1) is 0 Å². The van der Waals surface area contributed by atoms with E-state index in [4.69, 9.17) is 0 Å². The Morgan fingerprint density at radius 2 is 1.27 bits per heavy atom. The van der Waals surface area contributed by atoms with Crippen LogP contribution in [-0.4, -0.2) is 31.8 Å². The number of hydrogen-bond donors (Lipinski definition) is 1. The third kappa shape index (κ3) is 3.76. The molecule has 3 unspecified atom stereocenters. The average molecular weight is 336 g/mol. The molecule has 0 amide bonds. The van der Waals surface area contributed by atoms with Gasteiger partial charge in [0.05, 0.1) is 0 Å². The van der Waals surface area contributed by atoms with Crippen molar-refractivity contribution in [1.29, 1.82) is 0 Å².